The van der Waals surface area contributed by atoms with E-state index in [2.05, 4.69) is 6.92 Å². The second-order valence-corrected chi connectivity index (χ2v) is 9.99. The molecule has 1 heterocycles. The van der Waals surface area contributed by atoms with Gasteiger partial charge in [-0.1, -0.05) is 29.2 Å². The first-order chi connectivity index (χ1) is 12.0. The summed E-state index contributed by atoms with van der Waals surface area (Å²) in [7, 11) is 0. The lowest BCUT2D eigenvalue weighted by atomic mass is 9.44. The van der Waals surface area contributed by atoms with Crippen LogP contribution in [-0.4, -0.2) is 41.9 Å². The molecule has 0 radical (unpaired) electrons. The van der Waals surface area contributed by atoms with E-state index >= 15 is 0 Å². The highest BCUT2D eigenvalue weighted by Gasteiger charge is 2.63. The van der Waals surface area contributed by atoms with Crippen molar-refractivity contribution < 1.29 is 19.7 Å². The molecule has 0 aromatic carbocycles. The van der Waals surface area contributed by atoms with Gasteiger partial charge in [0.15, 0.2) is 5.79 Å². The molecule has 0 bridgehead atoms. The molecule has 166 valence electrons. The van der Waals surface area contributed by atoms with Crippen LogP contribution in [0.1, 0.15) is 87.0 Å². The van der Waals surface area contributed by atoms with Crippen LogP contribution in [0.25, 0.3) is 0 Å². The summed E-state index contributed by atoms with van der Waals surface area (Å²) in [6.07, 6.45) is 9.77. The third-order valence-corrected chi connectivity index (χ3v) is 9.42. The molecule has 4 heteroatoms. The van der Waals surface area contributed by atoms with E-state index in [9.17, 15) is 10.2 Å². The second kappa shape index (κ2) is 8.17. The molecule has 5 rings (SSSR count). The van der Waals surface area contributed by atoms with Crippen molar-refractivity contribution in [3.8, 4) is 0 Å². The minimum atomic E-state index is -0.344. The fraction of sp³-hybridized carbons (Fsp3) is 1.00. The molecule has 4 saturated carbocycles. The second-order valence-electron chi connectivity index (χ2n) is 9.99. The first kappa shape index (κ1) is 24.1. The van der Waals surface area contributed by atoms with Gasteiger partial charge in [-0.25, -0.2) is 0 Å². The molecule has 4 nitrogen and oxygen atoms in total. The van der Waals surface area contributed by atoms with Crippen LogP contribution in [0.4, 0.5) is 0 Å². The van der Waals surface area contributed by atoms with E-state index in [1.54, 1.807) is 0 Å². The highest BCUT2D eigenvalue weighted by atomic mass is 16.7. The van der Waals surface area contributed by atoms with Crippen LogP contribution in [-0.2, 0) is 9.47 Å². The number of aliphatic hydroxyl groups is 2. The predicted molar refractivity (Wildman–Crippen MR) is 114 cm³/mol. The summed E-state index contributed by atoms with van der Waals surface area (Å²) < 4.78 is 12.0. The van der Waals surface area contributed by atoms with Gasteiger partial charge < -0.3 is 19.7 Å². The van der Waals surface area contributed by atoms with Crippen LogP contribution in [0.2, 0.25) is 0 Å². The fourth-order valence-electron chi connectivity index (χ4n) is 8.04. The van der Waals surface area contributed by atoms with Crippen molar-refractivity contribution in [3.05, 3.63) is 0 Å². The molecule has 2 N–H and O–H groups in total. The molecule has 5 aliphatic rings. The number of fused-ring (bicyclic) bond motifs is 5. The van der Waals surface area contributed by atoms with Crippen LogP contribution < -0.4 is 0 Å². The van der Waals surface area contributed by atoms with Crippen LogP contribution in [0.15, 0.2) is 0 Å². The molecule has 0 unspecified atom stereocenters. The van der Waals surface area contributed by atoms with Gasteiger partial charge in [0.05, 0.1) is 19.3 Å². The minimum absolute atomic E-state index is 0. The minimum Gasteiger partial charge on any atom is -0.396 e. The molecule has 1 spiro atoms. The topological polar surface area (TPSA) is 58.9 Å². The summed E-state index contributed by atoms with van der Waals surface area (Å²) in [5.74, 6) is 2.15. The van der Waals surface area contributed by atoms with E-state index in [1.165, 1.54) is 25.7 Å². The van der Waals surface area contributed by atoms with Gasteiger partial charge in [0, 0.05) is 19.4 Å². The quantitative estimate of drug-likeness (QED) is 0.651. The summed E-state index contributed by atoms with van der Waals surface area (Å²) in [5, 5.41) is 21.2. The lowest BCUT2D eigenvalue weighted by Gasteiger charge is -2.62. The maximum absolute atomic E-state index is 10.6. The number of ether oxygens (including phenoxy) is 2. The van der Waals surface area contributed by atoms with Gasteiger partial charge in [0.25, 0.3) is 0 Å². The lowest BCUT2D eigenvalue weighted by molar-refractivity contribution is -0.240. The molecule has 0 aromatic rings. The zero-order valence-electron chi connectivity index (χ0n) is 15.6. The average molecular weight is 399 g/mol. The van der Waals surface area contributed by atoms with Crippen molar-refractivity contribution in [2.45, 2.75) is 98.9 Å². The third kappa shape index (κ3) is 3.09. The first-order valence-electron chi connectivity index (χ1n) is 10.6. The van der Waals surface area contributed by atoms with E-state index in [4.69, 9.17) is 9.47 Å². The van der Waals surface area contributed by atoms with Crippen LogP contribution in [0.3, 0.4) is 0 Å². The molecule has 28 heavy (non-hydrogen) atoms. The summed E-state index contributed by atoms with van der Waals surface area (Å²) >= 11 is 0. The number of rotatable bonds is 1. The van der Waals surface area contributed by atoms with Crippen molar-refractivity contribution in [1.82, 2.24) is 0 Å². The summed E-state index contributed by atoms with van der Waals surface area (Å²) in [5.41, 5.74) is 0.191. The maximum Gasteiger partial charge on any atom is 0.168 e. The Bertz CT molecular complexity index is 531. The highest BCUT2D eigenvalue weighted by molar-refractivity contribution is 5.11. The molecule has 0 aromatic heterocycles. The Labute approximate surface area is 173 Å². The molecule has 5 fully saturated rings. The Kier molecular flexibility index (Phi) is 7.03. The summed E-state index contributed by atoms with van der Waals surface area (Å²) in [4.78, 5) is 0. The van der Waals surface area contributed by atoms with Crippen LogP contribution >= 0.6 is 0 Å². The van der Waals surface area contributed by atoms with Gasteiger partial charge in [-0.05, 0) is 79.4 Å². The molecule has 0 amide bonds. The zero-order valence-corrected chi connectivity index (χ0v) is 15.6. The van der Waals surface area contributed by atoms with E-state index in [0.717, 1.165) is 45.3 Å². The largest absolute Gasteiger partial charge is 0.396 e. The molecule has 7 atom stereocenters. The summed E-state index contributed by atoms with van der Waals surface area (Å²) in [6, 6.07) is 0. The lowest BCUT2D eigenvalue weighted by Crippen LogP contribution is -2.58. The van der Waals surface area contributed by atoms with Gasteiger partial charge in [0.2, 0.25) is 0 Å². The van der Waals surface area contributed by atoms with Gasteiger partial charge >= 0.3 is 0 Å². The number of hydrogen-bond acceptors (Lipinski definition) is 4. The van der Waals surface area contributed by atoms with Crippen LogP contribution in [0, 0.1) is 34.5 Å². The first-order valence-corrected chi connectivity index (χ1v) is 10.6. The van der Waals surface area contributed by atoms with Crippen molar-refractivity contribution in [2.24, 2.45) is 34.5 Å². The number of hydrogen-bond donors (Lipinski definition) is 2. The Hall–Kier alpha value is -0.160. The van der Waals surface area contributed by atoms with E-state index in [1.807, 2.05) is 0 Å². The molecule has 1 aliphatic heterocycles. The smallest absolute Gasteiger partial charge is 0.168 e. The molecule has 1 saturated heterocycles. The fourth-order valence-corrected chi connectivity index (χ4v) is 8.04. The van der Waals surface area contributed by atoms with Gasteiger partial charge in [-0.2, -0.15) is 0 Å². The average Bonchev–Trinajstić information content (AvgIpc) is 3.19. The molecular formula is C24H46O4. The Morgan fingerprint density at radius 1 is 0.857 bits per heavy atom. The summed E-state index contributed by atoms with van der Waals surface area (Å²) in [6.45, 7) is 4.10. The highest BCUT2D eigenvalue weighted by Crippen LogP contribution is 2.67. The standard InChI is InChI=1S/C21H34O4.3CH4/c1-19-7-6-17-15(16(19)4-5-18(19)23)3-2-14-12-21(24-10-11-25-21)9-8-20(14,17)13-22;;;/h14-18,22-23H,2-13H2,1H3;3*1H4/t14-,15-,16-,17-,18-,19-,20+;;;/m0.../s1. The maximum atomic E-state index is 10.6. The van der Waals surface area contributed by atoms with Crippen molar-refractivity contribution in [1.29, 1.82) is 0 Å². The van der Waals surface area contributed by atoms with Crippen LogP contribution in [0.5, 0.6) is 0 Å². The SMILES string of the molecule is C.C.C.C[C@]12CC[C@H]3[C@@H](CC[C@H]4CC5(CC[C@@]43CO)OCCO5)[C@@H]1CC[C@@H]2O. The van der Waals surface area contributed by atoms with Gasteiger partial charge in [-0.15, -0.1) is 0 Å². The normalized spacial score (nSPS) is 48.3. The van der Waals surface area contributed by atoms with Gasteiger partial charge in [0.1, 0.15) is 0 Å². The number of aliphatic hydroxyl groups excluding tert-OH is 2. The Balaban J connectivity index is 0.000000934. The van der Waals surface area contributed by atoms with Crippen molar-refractivity contribution >= 4 is 0 Å². The Morgan fingerprint density at radius 3 is 2.25 bits per heavy atom. The van der Waals surface area contributed by atoms with E-state index in [0.29, 0.717) is 30.3 Å². The predicted octanol–water partition coefficient (Wildman–Crippen LogP) is 5.01. The van der Waals surface area contributed by atoms with E-state index in [-0.39, 0.29) is 45.0 Å². The molecular weight excluding hydrogens is 352 g/mol. The monoisotopic (exact) mass is 398 g/mol. The third-order valence-electron chi connectivity index (χ3n) is 9.42. The van der Waals surface area contributed by atoms with Gasteiger partial charge in [-0.3, -0.25) is 0 Å². The van der Waals surface area contributed by atoms with Crippen molar-refractivity contribution in [2.75, 3.05) is 19.8 Å². The molecule has 4 aliphatic carbocycles. The van der Waals surface area contributed by atoms with E-state index < -0.39 is 0 Å². The van der Waals surface area contributed by atoms with Crippen molar-refractivity contribution in [3.63, 3.8) is 0 Å². The Morgan fingerprint density at radius 2 is 1.57 bits per heavy atom. The zero-order chi connectivity index (χ0) is 17.3.